The fourth-order valence-corrected chi connectivity index (χ4v) is 1.43. The molecule has 0 spiro atoms. The van der Waals surface area contributed by atoms with E-state index in [0.717, 1.165) is 25.9 Å². The normalized spacial score (nSPS) is 25.4. The van der Waals surface area contributed by atoms with Gasteiger partial charge in [-0.25, -0.2) is 8.78 Å². The number of rotatable bonds is 5. The van der Waals surface area contributed by atoms with E-state index in [2.05, 4.69) is 5.32 Å². The summed E-state index contributed by atoms with van der Waals surface area (Å²) in [7, 11) is 0. The SMILES string of the molecule is CC(NCCC1CCCO1)C(F)F. The zero-order chi connectivity index (χ0) is 9.68. The van der Waals surface area contributed by atoms with E-state index in [1.54, 1.807) is 0 Å². The standard InChI is InChI=1S/C9H17F2NO/c1-7(9(10)11)12-5-4-8-3-2-6-13-8/h7-9,12H,2-6H2,1H3. The highest BCUT2D eigenvalue weighted by atomic mass is 19.3. The van der Waals surface area contributed by atoms with Crippen molar-refractivity contribution in [3.8, 4) is 0 Å². The third kappa shape index (κ3) is 4.00. The van der Waals surface area contributed by atoms with Crippen molar-refractivity contribution in [3.05, 3.63) is 0 Å². The van der Waals surface area contributed by atoms with Crippen molar-refractivity contribution in [3.63, 3.8) is 0 Å². The summed E-state index contributed by atoms with van der Waals surface area (Å²) in [5.74, 6) is 0. The van der Waals surface area contributed by atoms with Crippen molar-refractivity contribution >= 4 is 0 Å². The van der Waals surface area contributed by atoms with Crippen molar-refractivity contribution < 1.29 is 13.5 Å². The summed E-state index contributed by atoms with van der Waals surface area (Å²) < 4.78 is 29.4. The molecule has 1 fully saturated rings. The average molecular weight is 193 g/mol. The molecule has 2 atom stereocenters. The van der Waals surface area contributed by atoms with Crippen LogP contribution in [0.1, 0.15) is 26.2 Å². The molecule has 0 aliphatic carbocycles. The fourth-order valence-electron chi connectivity index (χ4n) is 1.43. The van der Waals surface area contributed by atoms with Gasteiger partial charge < -0.3 is 10.1 Å². The molecular formula is C9H17F2NO. The third-order valence-electron chi connectivity index (χ3n) is 2.33. The van der Waals surface area contributed by atoms with Gasteiger partial charge in [-0.2, -0.15) is 0 Å². The number of halogens is 2. The second-order valence-electron chi connectivity index (χ2n) is 3.50. The van der Waals surface area contributed by atoms with Crippen molar-refractivity contribution in [2.45, 2.75) is 44.8 Å². The topological polar surface area (TPSA) is 21.3 Å². The number of ether oxygens (including phenoxy) is 1. The smallest absolute Gasteiger partial charge is 0.253 e. The zero-order valence-corrected chi connectivity index (χ0v) is 7.93. The van der Waals surface area contributed by atoms with E-state index in [-0.39, 0.29) is 6.10 Å². The molecule has 0 aromatic carbocycles. The summed E-state index contributed by atoms with van der Waals surface area (Å²) in [4.78, 5) is 0. The lowest BCUT2D eigenvalue weighted by atomic mass is 10.2. The Labute approximate surface area is 77.6 Å². The predicted molar refractivity (Wildman–Crippen MR) is 47.1 cm³/mol. The van der Waals surface area contributed by atoms with Crippen molar-refractivity contribution in [1.29, 1.82) is 0 Å². The number of hydrogen-bond acceptors (Lipinski definition) is 2. The van der Waals surface area contributed by atoms with Crippen LogP contribution in [0.3, 0.4) is 0 Å². The van der Waals surface area contributed by atoms with Gasteiger partial charge in [0.1, 0.15) is 0 Å². The van der Waals surface area contributed by atoms with Crippen LogP contribution in [0.5, 0.6) is 0 Å². The molecule has 0 amide bonds. The van der Waals surface area contributed by atoms with Gasteiger partial charge in [0, 0.05) is 6.61 Å². The van der Waals surface area contributed by atoms with E-state index in [1.807, 2.05) is 0 Å². The predicted octanol–water partition coefficient (Wildman–Crippen LogP) is 1.80. The molecule has 0 saturated carbocycles. The highest BCUT2D eigenvalue weighted by Crippen LogP contribution is 2.14. The van der Waals surface area contributed by atoms with Crippen LogP contribution in [-0.2, 0) is 4.74 Å². The van der Waals surface area contributed by atoms with Crippen molar-refractivity contribution in [2.24, 2.45) is 0 Å². The maximum absolute atomic E-state index is 12.0. The van der Waals surface area contributed by atoms with E-state index in [9.17, 15) is 8.78 Å². The number of hydrogen-bond donors (Lipinski definition) is 1. The molecule has 2 nitrogen and oxygen atoms in total. The number of alkyl halides is 2. The first-order valence-electron chi connectivity index (χ1n) is 4.83. The molecule has 1 heterocycles. The van der Waals surface area contributed by atoms with E-state index < -0.39 is 12.5 Å². The molecule has 1 rings (SSSR count). The molecule has 2 unspecified atom stereocenters. The van der Waals surface area contributed by atoms with Crippen LogP contribution in [0.25, 0.3) is 0 Å². The highest BCUT2D eigenvalue weighted by molar-refractivity contribution is 4.68. The lowest BCUT2D eigenvalue weighted by Gasteiger charge is -2.14. The summed E-state index contributed by atoms with van der Waals surface area (Å²) >= 11 is 0. The van der Waals surface area contributed by atoms with Gasteiger partial charge in [-0.05, 0) is 32.7 Å². The Balaban J connectivity index is 1.99. The summed E-state index contributed by atoms with van der Waals surface area (Å²) in [6.45, 7) is 2.95. The highest BCUT2D eigenvalue weighted by Gasteiger charge is 2.17. The Morgan fingerprint density at radius 2 is 2.31 bits per heavy atom. The first-order valence-corrected chi connectivity index (χ1v) is 4.83. The quantitative estimate of drug-likeness (QED) is 0.718. The molecule has 0 radical (unpaired) electrons. The summed E-state index contributed by atoms with van der Waals surface area (Å²) in [6, 6.07) is -0.707. The number of nitrogens with one attached hydrogen (secondary N) is 1. The monoisotopic (exact) mass is 193 g/mol. The molecule has 0 bridgehead atoms. The van der Waals surface area contributed by atoms with Crippen LogP contribution in [0.4, 0.5) is 8.78 Å². The Kier molecular flexibility index (Phi) is 4.59. The molecule has 13 heavy (non-hydrogen) atoms. The minimum atomic E-state index is -2.27. The summed E-state index contributed by atoms with van der Waals surface area (Å²) in [5, 5.41) is 2.78. The molecule has 0 aromatic heterocycles. The molecular weight excluding hydrogens is 176 g/mol. The van der Waals surface area contributed by atoms with Gasteiger partial charge in [0.25, 0.3) is 6.43 Å². The minimum absolute atomic E-state index is 0.289. The first-order chi connectivity index (χ1) is 6.20. The van der Waals surface area contributed by atoms with Crippen LogP contribution in [-0.4, -0.2) is 31.7 Å². The Morgan fingerprint density at radius 1 is 1.54 bits per heavy atom. The fraction of sp³-hybridized carbons (Fsp3) is 1.00. The molecule has 4 heteroatoms. The lowest BCUT2D eigenvalue weighted by Crippen LogP contribution is -2.34. The minimum Gasteiger partial charge on any atom is -0.378 e. The maximum Gasteiger partial charge on any atom is 0.253 e. The van der Waals surface area contributed by atoms with E-state index in [0.29, 0.717) is 6.54 Å². The molecule has 0 aromatic rings. The zero-order valence-electron chi connectivity index (χ0n) is 7.93. The van der Waals surface area contributed by atoms with Gasteiger partial charge in [-0.15, -0.1) is 0 Å². The van der Waals surface area contributed by atoms with Crippen molar-refractivity contribution in [1.82, 2.24) is 5.32 Å². The second kappa shape index (κ2) is 5.50. The largest absolute Gasteiger partial charge is 0.378 e. The maximum atomic E-state index is 12.0. The molecule has 1 N–H and O–H groups in total. The van der Waals surface area contributed by atoms with Crippen LogP contribution >= 0.6 is 0 Å². The summed E-state index contributed by atoms with van der Waals surface area (Å²) in [6.07, 6.45) is 1.04. The van der Waals surface area contributed by atoms with Gasteiger partial charge in [-0.1, -0.05) is 0 Å². The second-order valence-corrected chi connectivity index (χ2v) is 3.50. The van der Waals surface area contributed by atoms with Crippen molar-refractivity contribution in [2.75, 3.05) is 13.2 Å². The Morgan fingerprint density at radius 3 is 2.85 bits per heavy atom. The van der Waals surface area contributed by atoms with E-state index in [1.165, 1.54) is 6.92 Å². The van der Waals surface area contributed by atoms with Crippen LogP contribution in [0, 0.1) is 0 Å². The molecule has 1 saturated heterocycles. The molecule has 78 valence electrons. The summed E-state index contributed by atoms with van der Waals surface area (Å²) in [5.41, 5.74) is 0. The van der Waals surface area contributed by atoms with Crippen LogP contribution in [0.15, 0.2) is 0 Å². The van der Waals surface area contributed by atoms with Gasteiger partial charge >= 0.3 is 0 Å². The van der Waals surface area contributed by atoms with Crippen LogP contribution < -0.4 is 5.32 Å². The Bertz CT molecular complexity index is 136. The molecule has 1 aliphatic rings. The van der Waals surface area contributed by atoms with Gasteiger partial charge in [0.2, 0.25) is 0 Å². The van der Waals surface area contributed by atoms with E-state index in [4.69, 9.17) is 4.74 Å². The van der Waals surface area contributed by atoms with Gasteiger partial charge in [0.05, 0.1) is 12.1 Å². The third-order valence-corrected chi connectivity index (χ3v) is 2.33. The van der Waals surface area contributed by atoms with Gasteiger partial charge in [-0.3, -0.25) is 0 Å². The van der Waals surface area contributed by atoms with E-state index >= 15 is 0 Å². The lowest BCUT2D eigenvalue weighted by molar-refractivity contribution is 0.0890. The molecule has 1 aliphatic heterocycles. The average Bonchev–Trinajstić information content (AvgIpc) is 2.56. The van der Waals surface area contributed by atoms with Crippen LogP contribution in [0.2, 0.25) is 0 Å². The van der Waals surface area contributed by atoms with Gasteiger partial charge in [0.15, 0.2) is 0 Å². The first kappa shape index (κ1) is 10.9. The Hall–Kier alpha value is -0.220.